The van der Waals surface area contributed by atoms with Gasteiger partial charge >= 0.3 is 0 Å². The minimum atomic E-state index is -0.911. The number of rotatable bonds is 6. The van der Waals surface area contributed by atoms with E-state index in [1.807, 2.05) is 6.07 Å². The minimum Gasteiger partial charge on any atom is -0.484 e. The molecule has 7 heteroatoms. The summed E-state index contributed by atoms with van der Waals surface area (Å²) in [6, 6.07) is 13.1. The maximum atomic E-state index is 12.1. The van der Waals surface area contributed by atoms with Crippen LogP contribution in [0.25, 0.3) is 0 Å². The molecule has 0 aromatic heterocycles. The van der Waals surface area contributed by atoms with Crippen molar-refractivity contribution < 1.29 is 19.1 Å². The number of anilines is 1. The minimum absolute atomic E-state index is 0.0102. The Morgan fingerprint density at radius 2 is 1.92 bits per heavy atom. The Morgan fingerprint density at radius 1 is 1.15 bits per heavy atom. The zero-order valence-corrected chi connectivity index (χ0v) is 14.0. The number of nitrogens with two attached hydrogens (primary N) is 1. The van der Waals surface area contributed by atoms with Crippen molar-refractivity contribution in [3.8, 4) is 5.75 Å². The molecule has 0 saturated carbocycles. The average Bonchev–Trinajstić information content (AvgIpc) is 2.64. The molecule has 0 saturated heterocycles. The van der Waals surface area contributed by atoms with Gasteiger partial charge in [0, 0.05) is 12.1 Å². The molecule has 0 aliphatic carbocycles. The second-order valence-corrected chi connectivity index (χ2v) is 5.97. The largest absolute Gasteiger partial charge is 0.484 e. The maximum Gasteiger partial charge on any atom is 0.258 e. The summed E-state index contributed by atoms with van der Waals surface area (Å²) in [5.41, 5.74) is 7.71. The number of hydrogen-bond donors (Lipinski definition) is 3. The van der Waals surface area contributed by atoms with E-state index in [2.05, 4.69) is 10.6 Å². The molecule has 4 N–H and O–H groups in total. The van der Waals surface area contributed by atoms with Crippen LogP contribution in [0.2, 0.25) is 0 Å². The standard InChI is InChI=1S/C19H19N3O4/c20-19(25)18(12-4-2-1-3-5-12)22-17(24)11-26-14-7-8-15-13(10-14)6-9-16(23)21-15/h1-5,7-8,10,18H,6,9,11H2,(H2,20,25)(H,21,23)(H,22,24). The number of aryl methyl sites for hydroxylation is 1. The molecule has 0 bridgehead atoms. The molecule has 7 nitrogen and oxygen atoms in total. The van der Waals surface area contributed by atoms with Crippen LogP contribution in [0.15, 0.2) is 48.5 Å². The molecule has 1 heterocycles. The fraction of sp³-hybridized carbons (Fsp3) is 0.211. The molecular formula is C19H19N3O4. The first-order chi connectivity index (χ1) is 12.5. The van der Waals surface area contributed by atoms with Crippen LogP contribution in [-0.4, -0.2) is 24.3 Å². The highest BCUT2D eigenvalue weighted by Crippen LogP contribution is 2.26. The van der Waals surface area contributed by atoms with E-state index in [0.29, 0.717) is 24.2 Å². The van der Waals surface area contributed by atoms with Gasteiger partial charge in [0.25, 0.3) is 5.91 Å². The first-order valence-electron chi connectivity index (χ1n) is 8.22. The Balaban J connectivity index is 1.60. The number of hydrogen-bond acceptors (Lipinski definition) is 4. The molecule has 1 aliphatic rings. The van der Waals surface area contributed by atoms with Crippen molar-refractivity contribution in [2.75, 3.05) is 11.9 Å². The van der Waals surface area contributed by atoms with Gasteiger partial charge < -0.3 is 21.1 Å². The van der Waals surface area contributed by atoms with Crippen molar-refractivity contribution in [2.24, 2.45) is 5.73 Å². The summed E-state index contributed by atoms with van der Waals surface area (Å²) in [6.07, 6.45) is 1.05. The summed E-state index contributed by atoms with van der Waals surface area (Å²) in [6.45, 7) is -0.248. The van der Waals surface area contributed by atoms with E-state index in [4.69, 9.17) is 10.5 Å². The second kappa shape index (κ2) is 7.69. The summed E-state index contributed by atoms with van der Waals surface area (Å²) in [4.78, 5) is 35.1. The lowest BCUT2D eigenvalue weighted by molar-refractivity contribution is -0.128. The molecule has 0 fully saturated rings. The van der Waals surface area contributed by atoms with Gasteiger partial charge in [0.1, 0.15) is 11.8 Å². The van der Waals surface area contributed by atoms with Gasteiger partial charge in [-0.3, -0.25) is 14.4 Å². The van der Waals surface area contributed by atoms with Gasteiger partial charge in [-0.25, -0.2) is 0 Å². The highest BCUT2D eigenvalue weighted by atomic mass is 16.5. The van der Waals surface area contributed by atoms with Crippen LogP contribution in [0.1, 0.15) is 23.6 Å². The van der Waals surface area contributed by atoms with Crippen LogP contribution in [0, 0.1) is 0 Å². The van der Waals surface area contributed by atoms with E-state index in [9.17, 15) is 14.4 Å². The zero-order valence-electron chi connectivity index (χ0n) is 14.0. The first-order valence-corrected chi connectivity index (χ1v) is 8.22. The molecule has 1 unspecified atom stereocenters. The summed E-state index contributed by atoms with van der Waals surface area (Å²) in [7, 11) is 0. The molecule has 2 aromatic rings. The van der Waals surface area contributed by atoms with Crippen LogP contribution < -0.4 is 21.1 Å². The third-order valence-electron chi connectivity index (χ3n) is 4.06. The lowest BCUT2D eigenvalue weighted by atomic mass is 10.0. The quantitative estimate of drug-likeness (QED) is 0.727. The van der Waals surface area contributed by atoms with Crippen molar-refractivity contribution in [3.05, 3.63) is 59.7 Å². The van der Waals surface area contributed by atoms with E-state index in [1.165, 1.54) is 0 Å². The molecule has 2 aromatic carbocycles. The Kier molecular flexibility index (Phi) is 5.17. The summed E-state index contributed by atoms with van der Waals surface area (Å²) >= 11 is 0. The SMILES string of the molecule is NC(=O)C(NC(=O)COc1ccc2c(c1)CCC(=O)N2)c1ccccc1. The predicted octanol–water partition coefficient (Wildman–Crippen LogP) is 1.29. The molecule has 0 spiro atoms. The fourth-order valence-corrected chi connectivity index (χ4v) is 2.77. The van der Waals surface area contributed by atoms with E-state index in [0.717, 1.165) is 11.3 Å². The topological polar surface area (TPSA) is 111 Å². The Bertz CT molecular complexity index is 836. The van der Waals surface area contributed by atoms with Gasteiger partial charge in [-0.2, -0.15) is 0 Å². The van der Waals surface area contributed by atoms with Gasteiger partial charge in [-0.05, 0) is 35.7 Å². The Labute approximate surface area is 150 Å². The van der Waals surface area contributed by atoms with E-state index in [1.54, 1.807) is 42.5 Å². The third-order valence-corrected chi connectivity index (χ3v) is 4.06. The van der Waals surface area contributed by atoms with E-state index in [-0.39, 0.29) is 12.5 Å². The molecule has 3 amide bonds. The number of benzene rings is 2. The first kappa shape index (κ1) is 17.5. The van der Waals surface area contributed by atoms with Crippen LogP contribution in [0.5, 0.6) is 5.75 Å². The van der Waals surface area contributed by atoms with Crippen molar-refractivity contribution in [1.29, 1.82) is 0 Å². The smallest absolute Gasteiger partial charge is 0.258 e. The zero-order chi connectivity index (χ0) is 18.5. The van der Waals surface area contributed by atoms with Crippen molar-refractivity contribution in [2.45, 2.75) is 18.9 Å². The van der Waals surface area contributed by atoms with Crippen molar-refractivity contribution >= 4 is 23.4 Å². The van der Waals surface area contributed by atoms with Crippen LogP contribution in [-0.2, 0) is 20.8 Å². The predicted molar refractivity (Wildman–Crippen MR) is 95.4 cm³/mol. The number of nitrogens with one attached hydrogen (secondary N) is 2. The molecule has 26 heavy (non-hydrogen) atoms. The number of primary amides is 1. The highest BCUT2D eigenvalue weighted by molar-refractivity contribution is 5.94. The molecule has 3 rings (SSSR count). The van der Waals surface area contributed by atoms with Crippen LogP contribution in [0.3, 0.4) is 0 Å². The number of carbonyl (C=O) groups is 3. The van der Waals surface area contributed by atoms with Gasteiger partial charge in [0.2, 0.25) is 11.8 Å². The number of amides is 3. The van der Waals surface area contributed by atoms with Gasteiger partial charge in [0.05, 0.1) is 0 Å². The van der Waals surface area contributed by atoms with E-state index < -0.39 is 17.9 Å². The monoisotopic (exact) mass is 353 g/mol. The molecule has 1 atom stereocenters. The number of carbonyl (C=O) groups excluding carboxylic acids is 3. The second-order valence-electron chi connectivity index (χ2n) is 5.97. The van der Waals surface area contributed by atoms with Crippen LogP contribution in [0.4, 0.5) is 5.69 Å². The van der Waals surface area contributed by atoms with Crippen molar-refractivity contribution in [3.63, 3.8) is 0 Å². The number of fused-ring (bicyclic) bond motifs is 1. The van der Waals surface area contributed by atoms with Crippen LogP contribution >= 0.6 is 0 Å². The van der Waals surface area contributed by atoms with Gasteiger partial charge in [-0.15, -0.1) is 0 Å². The summed E-state index contributed by atoms with van der Waals surface area (Å²) in [5, 5.41) is 5.36. The normalized spacial score (nSPS) is 13.9. The summed E-state index contributed by atoms with van der Waals surface area (Å²) in [5.74, 6) is -0.591. The lowest BCUT2D eigenvalue weighted by Gasteiger charge is -2.18. The number of ether oxygens (including phenoxy) is 1. The molecule has 0 radical (unpaired) electrons. The summed E-state index contributed by atoms with van der Waals surface area (Å²) < 4.78 is 5.50. The van der Waals surface area contributed by atoms with Gasteiger partial charge in [0.15, 0.2) is 6.61 Å². The average molecular weight is 353 g/mol. The molecule has 134 valence electrons. The molecular weight excluding hydrogens is 334 g/mol. The van der Waals surface area contributed by atoms with Gasteiger partial charge in [-0.1, -0.05) is 30.3 Å². The van der Waals surface area contributed by atoms with E-state index >= 15 is 0 Å². The third kappa shape index (κ3) is 4.18. The maximum absolute atomic E-state index is 12.1. The highest BCUT2D eigenvalue weighted by Gasteiger charge is 2.20. The Morgan fingerprint density at radius 3 is 2.65 bits per heavy atom. The Hall–Kier alpha value is -3.35. The lowest BCUT2D eigenvalue weighted by Crippen LogP contribution is -2.39. The van der Waals surface area contributed by atoms with Crippen molar-refractivity contribution in [1.82, 2.24) is 5.32 Å². The fourth-order valence-electron chi connectivity index (χ4n) is 2.77. The molecule has 1 aliphatic heterocycles.